The quantitative estimate of drug-likeness (QED) is 0.876. The lowest BCUT2D eigenvalue weighted by molar-refractivity contribution is -0.192. The SMILES string of the molecule is CC(NCC(C(=O)O)C(F)(F)F)c1cccc(Cl)c1. The van der Waals surface area contributed by atoms with Crippen molar-refractivity contribution >= 4 is 17.6 Å². The minimum atomic E-state index is -4.77. The van der Waals surface area contributed by atoms with Crippen molar-refractivity contribution in [1.82, 2.24) is 5.32 Å². The highest BCUT2D eigenvalue weighted by Crippen LogP contribution is 2.27. The number of rotatable bonds is 5. The molecule has 2 atom stereocenters. The van der Waals surface area contributed by atoms with Crippen LogP contribution in [0.1, 0.15) is 18.5 Å². The van der Waals surface area contributed by atoms with Gasteiger partial charge in [-0.3, -0.25) is 4.79 Å². The first-order valence-electron chi connectivity index (χ1n) is 5.50. The monoisotopic (exact) mass is 295 g/mol. The molecule has 1 rings (SSSR count). The summed E-state index contributed by atoms with van der Waals surface area (Å²) in [5.74, 6) is -4.31. The number of aliphatic carboxylic acids is 1. The Kier molecular flexibility index (Phi) is 5.20. The first-order valence-corrected chi connectivity index (χ1v) is 5.88. The molecule has 3 nitrogen and oxygen atoms in total. The summed E-state index contributed by atoms with van der Waals surface area (Å²) in [6, 6.07) is 6.21. The number of halogens is 4. The number of nitrogens with one attached hydrogen (secondary N) is 1. The highest BCUT2D eigenvalue weighted by Gasteiger charge is 2.44. The molecule has 2 N–H and O–H groups in total. The van der Waals surface area contributed by atoms with Crippen LogP contribution in [-0.4, -0.2) is 23.8 Å². The van der Waals surface area contributed by atoms with Gasteiger partial charge in [0.1, 0.15) is 0 Å². The van der Waals surface area contributed by atoms with Gasteiger partial charge in [0, 0.05) is 17.6 Å². The molecule has 0 saturated heterocycles. The maximum Gasteiger partial charge on any atom is 0.403 e. The van der Waals surface area contributed by atoms with Crippen LogP contribution in [0, 0.1) is 5.92 Å². The van der Waals surface area contributed by atoms with Gasteiger partial charge in [0.25, 0.3) is 0 Å². The fourth-order valence-electron chi connectivity index (χ4n) is 1.53. The van der Waals surface area contributed by atoms with Gasteiger partial charge < -0.3 is 10.4 Å². The van der Waals surface area contributed by atoms with E-state index < -0.39 is 30.7 Å². The number of carboxylic acid groups (broad SMARTS) is 1. The number of hydrogen-bond acceptors (Lipinski definition) is 2. The van der Waals surface area contributed by atoms with Gasteiger partial charge in [0.05, 0.1) is 0 Å². The zero-order chi connectivity index (χ0) is 14.6. The van der Waals surface area contributed by atoms with Crippen LogP contribution in [0.2, 0.25) is 5.02 Å². The van der Waals surface area contributed by atoms with Crippen LogP contribution in [0.5, 0.6) is 0 Å². The zero-order valence-corrected chi connectivity index (χ0v) is 10.8. The molecule has 0 aliphatic rings. The molecular weight excluding hydrogens is 283 g/mol. The Morgan fingerprint density at radius 2 is 2.11 bits per heavy atom. The molecule has 0 heterocycles. The summed E-state index contributed by atoms with van der Waals surface area (Å²) in [4.78, 5) is 10.6. The van der Waals surface area contributed by atoms with Crippen LogP contribution in [0.4, 0.5) is 13.2 Å². The van der Waals surface area contributed by atoms with Crippen molar-refractivity contribution in [2.24, 2.45) is 5.92 Å². The van der Waals surface area contributed by atoms with E-state index >= 15 is 0 Å². The maximum atomic E-state index is 12.4. The number of carbonyl (C=O) groups is 1. The molecule has 0 saturated carbocycles. The minimum Gasteiger partial charge on any atom is -0.481 e. The predicted molar refractivity (Wildman–Crippen MR) is 65.1 cm³/mol. The van der Waals surface area contributed by atoms with Crippen molar-refractivity contribution in [3.05, 3.63) is 34.9 Å². The third kappa shape index (κ3) is 4.72. The zero-order valence-electron chi connectivity index (χ0n) is 10.0. The molecule has 0 aromatic heterocycles. The Labute approximate surface area is 113 Å². The molecule has 0 spiro atoms. The molecule has 7 heteroatoms. The van der Waals surface area contributed by atoms with Crippen LogP contribution in [0.3, 0.4) is 0 Å². The van der Waals surface area contributed by atoms with Crippen LogP contribution >= 0.6 is 11.6 Å². The molecule has 0 radical (unpaired) electrons. The van der Waals surface area contributed by atoms with Gasteiger partial charge in [0.15, 0.2) is 5.92 Å². The van der Waals surface area contributed by atoms with E-state index in [1.165, 1.54) is 0 Å². The highest BCUT2D eigenvalue weighted by atomic mass is 35.5. The van der Waals surface area contributed by atoms with Gasteiger partial charge in [-0.1, -0.05) is 23.7 Å². The van der Waals surface area contributed by atoms with Gasteiger partial charge in [-0.25, -0.2) is 0 Å². The van der Waals surface area contributed by atoms with Gasteiger partial charge in [0.2, 0.25) is 0 Å². The number of hydrogen-bond donors (Lipinski definition) is 2. The van der Waals surface area contributed by atoms with Gasteiger partial charge in [-0.2, -0.15) is 13.2 Å². The topological polar surface area (TPSA) is 49.3 Å². The molecule has 0 amide bonds. The standard InChI is InChI=1S/C12H13ClF3NO2/c1-7(8-3-2-4-9(13)5-8)17-6-10(11(18)19)12(14,15)16/h2-5,7,10,17H,6H2,1H3,(H,18,19). The third-order valence-corrected chi connectivity index (χ3v) is 2.91. The van der Waals surface area contributed by atoms with E-state index in [4.69, 9.17) is 16.7 Å². The van der Waals surface area contributed by atoms with Crippen LogP contribution in [0.25, 0.3) is 0 Å². The average Bonchev–Trinajstić information content (AvgIpc) is 2.26. The molecule has 0 fully saturated rings. The van der Waals surface area contributed by atoms with Crippen LogP contribution in [-0.2, 0) is 4.79 Å². The summed E-state index contributed by atoms with van der Waals surface area (Å²) in [6.45, 7) is 0.952. The van der Waals surface area contributed by atoms with Crippen LogP contribution < -0.4 is 5.32 Å². The molecule has 106 valence electrons. The van der Waals surface area contributed by atoms with E-state index in [2.05, 4.69) is 5.32 Å². The Bertz CT molecular complexity index is 451. The van der Waals surface area contributed by atoms with Crippen molar-refractivity contribution in [2.75, 3.05) is 6.54 Å². The van der Waals surface area contributed by atoms with E-state index in [9.17, 15) is 18.0 Å². The first kappa shape index (κ1) is 15.8. The number of alkyl halides is 3. The van der Waals surface area contributed by atoms with Crippen LogP contribution in [0.15, 0.2) is 24.3 Å². The lowest BCUT2D eigenvalue weighted by Gasteiger charge is -2.20. The van der Waals surface area contributed by atoms with Gasteiger partial charge >= 0.3 is 12.1 Å². The van der Waals surface area contributed by atoms with Gasteiger partial charge in [-0.05, 0) is 24.6 Å². The normalized spacial score (nSPS) is 15.0. The Morgan fingerprint density at radius 1 is 1.47 bits per heavy atom. The summed E-state index contributed by atoms with van der Waals surface area (Å²) in [5, 5.41) is 11.6. The molecule has 0 aliphatic carbocycles. The lowest BCUT2D eigenvalue weighted by Crippen LogP contribution is -2.39. The first-order chi connectivity index (χ1) is 8.71. The van der Waals surface area contributed by atoms with E-state index in [1.54, 1.807) is 31.2 Å². The summed E-state index contributed by atoms with van der Waals surface area (Å²) < 4.78 is 37.3. The molecule has 1 aromatic carbocycles. The summed E-state index contributed by atoms with van der Waals surface area (Å²) >= 11 is 5.77. The second kappa shape index (κ2) is 6.25. The Hall–Kier alpha value is -1.27. The number of benzene rings is 1. The fourth-order valence-corrected chi connectivity index (χ4v) is 1.73. The largest absolute Gasteiger partial charge is 0.481 e. The third-order valence-electron chi connectivity index (χ3n) is 2.67. The second-order valence-electron chi connectivity index (χ2n) is 4.12. The van der Waals surface area contributed by atoms with Crippen molar-refractivity contribution in [3.8, 4) is 0 Å². The maximum absolute atomic E-state index is 12.4. The van der Waals surface area contributed by atoms with Crippen molar-refractivity contribution in [2.45, 2.75) is 19.1 Å². The molecule has 1 aromatic rings. The molecule has 19 heavy (non-hydrogen) atoms. The average molecular weight is 296 g/mol. The van der Waals surface area contributed by atoms with E-state index in [-0.39, 0.29) is 0 Å². The highest BCUT2D eigenvalue weighted by molar-refractivity contribution is 6.30. The van der Waals surface area contributed by atoms with E-state index in [0.717, 1.165) is 0 Å². The van der Waals surface area contributed by atoms with Crippen molar-refractivity contribution in [3.63, 3.8) is 0 Å². The minimum absolute atomic E-state index is 0.428. The Morgan fingerprint density at radius 3 is 2.58 bits per heavy atom. The summed E-state index contributed by atoms with van der Waals surface area (Å²) in [7, 11) is 0. The predicted octanol–water partition coefficient (Wildman–Crippen LogP) is 3.25. The molecule has 0 aliphatic heterocycles. The fraction of sp³-hybridized carbons (Fsp3) is 0.417. The van der Waals surface area contributed by atoms with Crippen molar-refractivity contribution in [1.29, 1.82) is 0 Å². The molecular formula is C12H13ClF3NO2. The van der Waals surface area contributed by atoms with E-state index in [0.29, 0.717) is 10.6 Å². The van der Waals surface area contributed by atoms with Gasteiger partial charge in [-0.15, -0.1) is 0 Å². The molecule has 0 bridgehead atoms. The smallest absolute Gasteiger partial charge is 0.403 e. The Balaban J connectivity index is 2.67. The van der Waals surface area contributed by atoms with E-state index in [1.807, 2.05) is 0 Å². The van der Waals surface area contributed by atoms with Crippen molar-refractivity contribution < 1.29 is 23.1 Å². The second-order valence-corrected chi connectivity index (χ2v) is 4.55. The summed E-state index contributed by atoms with van der Waals surface area (Å²) in [6.07, 6.45) is -4.77. The summed E-state index contributed by atoms with van der Waals surface area (Å²) in [5.41, 5.74) is 0.693. The number of carboxylic acids is 1. The molecule has 2 unspecified atom stereocenters. The lowest BCUT2D eigenvalue weighted by atomic mass is 10.1.